The lowest BCUT2D eigenvalue weighted by Crippen LogP contribution is -2.24. The summed E-state index contributed by atoms with van der Waals surface area (Å²) >= 11 is 0. The molecule has 6 nitrogen and oxygen atoms in total. The summed E-state index contributed by atoms with van der Waals surface area (Å²) < 4.78 is 1.73. The van der Waals surface area contributed by atoms with Gasteiger partial charge in [0.15, 0.2) is 0 Å². The highest BCUT2D eigenvalue weighted by atomic mass is 16.2. The summed E-state index contributed by atoms with van der Waals surface area (Å²) in [4.78, 5) is 29.7. The minimum Gasteiger partial charge on any atom is -0.296 e. The zero-order valence-electron chi connectivity index (χ0n) is 16.3. The number of nitrogens with zero attached hydrogens (tertiary/aromatic N) is 3. The van der Waals surface area contributed by atoms with E-state index in [-0.39, 0.29) is 11.5 Å². The van der Waals surface area contributed by atoms with Crippen molar-refractivity contribution in [1.82, 2.24) is 15.0 Å². The maximum absolute atomic E-state index is 12.6. The number of rotatable bonds is 3. The fraction of sp³-hybridized carbons (Fsp3) is 0.364. The van der Waals surface area contributed by atoms with E-state index in [1.165, 1.54) is 0 Å². The van der Waals surface area contributed by atoms with Gasteiger partial charge in [0.1, 0.15) is 5.82 Å². The molecule has 0 fully saturated rings. The molecule has 0 bridgehead atoms. The minimum atomic E-state index is -0.304. The first-order valence-electron chi connectivity index (χ1n) is 9.67. The van der Waals surface area contributed by atoms with Crippen LogP contribution in [0.4, 0.5) is 0 Å². The van der Waals surface area contributed by atoms with Gasteiger partial charge in [-0.1, -0.05) is 18.2 Å². The predicted octanol–water partition coefficient (Wildman–Crippen LogP) is 3.36. The topological polar surface area (TPSA) is 76.3 Å². The van der Waals surface area contributed by atoms with E-state index in [2.05, 4.69) is 28.2 Å². The Hall–Kier alpha value is -3.02. The number of amides is 1. The minimum absolute atomic E-state index is 0.0292. The molecule has 1 atom stereocenters. The highest BCUT2D eigenvalue weighted by Crippen LogP contribution is 2.26. The Bertz CT molecular complexity index is 1110. The zero-order valence-corrected chi connectivity index (χ0v) is 16.3. The molecule has 28 heavy (non-hydrogen) atoms. The van der Waals surface area contributed by atoms with Gasteiger partial charge < -0.3 is 0 Å². The maximum Gasteiger partial charge on any atom is 0.271 e. The zero-order chi connectivity index (χ0) is 19.8. The molecular weight excluding hydrogens is 352 g/mol. The molecule has 0 spiro atoms. The van der Waals surface area contributed by atoms with Gasteiger partial charge in [-0.15, -0.1) is 0 Å². The van der Waals surface area contributed by atoms with Crippen molar-refractivity contribution in [3.63, 3.8) is 0 Å². The van der Waals surface area contributed by atoms with Crippen molar-refractivity contribution in [2.75, 3.05) is 0 Å². The van der Waals surface area contributed by atoms with Crippen LogP contribution in [-0.4, -0.2) is 21.2 Å². The molecule has 144 valence electrons. The van der Waals surface area contributed by atoms with E-state index in [1.54, 1.807) is 22.8 Å². The van der Waals surface area contributed by atoms with E-state index in [1.807, 2.05) is 13.8 Å². The van der Waals surface area contributed by atoms with Crippen LogP contribution in [0.1, 0.15) is 49.3 Å². The number of hydrazone groups is 1. The lowest BCUT2D eigenvalue weighted by molar-refractivity contribution is 0.0955. The molecule has 1 N–H and O–H groups in total. The SMILES string of the molecule is C=C(C)[C@@H]1CC=C(C)/C(=N\NC(=O)c2ccc3c(=O)n4c(nc3c2)CCC4)C1. The standard InChI is InChI=1S/C22H24N4O2/c1-13(2)15-7-6-14(3)18(11-15)24-25-21(27)16-8-9-17-19(12-16)23-20-5-4-10-26(20)22(17)28/h6,8-9,12,15H,1,4-5,7,10-11H2,2-3H3,(H,25,27)/b24-18-/t15-/m1/s1. The predicted molar refractivity (Wildman–Crippen MR) is 111 cm³/mol. The van der Waals surface area contributed by atoms with Crippen molar-refractivity contribution in [1.29, 1.82) is 0 Å². The molecule has 1 amide bonds. The lowest BCUT2D eigenvalue weighted by Gasteiger charge is -2.22. The molecule has 1 aromatic carbocycles. The largest absolute Gasteiger partial charge is 0.296 e. The second kappa shape index (κ2) is 7.19. The van der Waals surface area contributed by atoms with E-state index in [4.69, 9.17) is 0 Å². The Morgan fingerprint density at radius 2 is 2.21 bits per heavy atom. The van der Waals surface area contributed by atoms with Crippen molar-refractivity contribution in [3.05, 3.63) is 63.7 Å². The van der Waals surface area contributed by atoms with Crippen molar-refractivity contribution in [2.45, 2.75) is 46.1 Å². The Morgan fingerprint density at radius 1 is 1.39 bits per heavy atom. The van der Waals surface area contributed by atoms with E-state index < -0.39 is 0 Å². The molecule has 0 radical (unpaired) electrons. The summed E-state index contributed by atoms with van der Waals surface area (Å²) in [7, 11) is 0. The third-order valence-corrected chi connectivity index (χ3v) is 5.67. The first-order chi connectivity index (χ1) is 13.4. The van der Waals surface area contributed by atoms with Gasteiger partial charge in [-0.25, -0.2) is 10.4 Å². The second-order valence-electron chi connectivity index (χ2n) is 7.69. The molecule has 1 aliphatic heterocycles. The molecular formula is C22H24N4O2. The summed E-state index contributed by atoms with van der Waals surface area (Å²) in [6, 6.07) is 5.01. The number of allylic oxidation sites excluding steroid dienone is 3. The molecule has 2 aliphatic rings. The van der Waals surface area contributed by atoms with E-state index in [9.17, 15) is 9.59 Å². The molecule has 0 saturated carbocycles. The first-order valence-corrected chi connectivity index (χ1v) is 9.67. The summed E-state index contributed by atoms with van der Waals surface area (Å²) in [5, 5.41) is 4.90. The van der Waals surface area contributed by atoms with Gasteiger partial charge in [0.25, 0.3) is 11.5 Å². The van der Waals surface area contributed by atoms with Crippen molar-refractivity contribution in [2.24, 2.45) is 11.0 Å². The van der Waals surface area contributed by atoms with Gasteiger partial charge >= 0.3 is 0 Å². The molecule has 4 rings (SSSR count). The average Bonchev–Trinajstić information content (AvgIpc) is 3.15. The van der Waals surface area contributed by atoms with Crippen LogP contribution in [0.25, 0.3) is 10.9 Å². The fourth-order valence-corrected chi connectivity index (χ4v) is 3.83. The third kappa shape index (κ3) is 3.30. The average molecular weight is 376 g/mol. The Morgan fingerprint density at radius 3 is 3.00 bits per heavy atom. The van der Waals surface area contributed by atoms with Gasteiger partial charge in [-0.05, 0) is 62.8 Å². The van der Waals surface area contributed by atoms with E-state index >= 15 is 0 Å². The van der Waals surface area contributed by atoms with Crippen molar-refractivity contribution in [3.8, 4) is 0 Å². The fourth-order valence-electron chi connectivity index (χ4n) is 3.83. The molecule has 0 saturated heterocycles. The number of carbonyl (C=O) groups is 1. The number of hydrogen-bond acceptors (Lipinski definition) is 4. The Labute approximate surface area is 163 Å². The molecule has 0 unspecified atom stereocenters. The molecule has 6 heteroatoms. The van der Waals surface area contributed by atoms with Gasteiger partial charge in [-0.2, -0.15) is 5.10 Å². The highest BCUT2D eigenvalue weighted by molar-refractivity contribution is 6.03. The maximum atomic E-state index is 12.6. The summed E-state index contributed by atoms with van der Waals surface area (Å²) in [5.74, 6) is 0.852. The van der Waals surface area contributed by atoms with Crippen LogP contribution in [0.15, 0.2) is 51.9 Å². The van der Waals surface area contributed by atoms with Gasteiger partial charge in [0.05, 0.1) is 16.6 Å². The van der Waals surface area contributed by atoms with Crippen LogP contribution in [0.2, 0.25) is 0 Å². The number of hydrogen-bond donors (Lipinski definition) is 1. The monoisotopic (exact) mass is 376 g/mol. The smallest absolute Gasteiger partial charge is 0.271 e. The normalized spacial score (nSPS) is 20.1. The summed E-state index contributed by atoms with van der Waals surface area (Å²) in [6.07, 6.45) is 5.61. The number of aryl methyl sites for hydroxylation is 1. The van der Waals surface area contributed by atoms with Crippen molar-refractivity contribution >= 4 is 22.5 Å². The quantitative estimate of drug-likeness (QED) is 0.659. The van der Waals surface area contributed by atoms with Gasteiger partial charge in [0, 0.05) is 18.5 Å². The molecule has 2 aromatic rings. The van der Waals surface area contributed by atoms with E-state index in [0.29, 0.717) is 22.4 Å². The summed E-state index contributed by atoms with van der Waals surface area (Å²) in [6.45, 7) is 8.79. The molecule has 1 aliphatic carbocycles. The molecule has 1 aromatic heterocycles. The molecule has 2 heterocycles. The van der Waals surface area contributed by atoms with Crippen LogP contribution >= 0.6 is 0 Å². The van der Waals surface area contributed by atoms with E-state index in [0.717, 1.165) is 54.9 Å². The number of fused-ring (bicyclic) bond motifs is 2. The number of aromatic nitrogens is 2. The second-order valence-corrected chi connectivity index (χ2v) is 7.69. The number of benzene rings is 1. The third-order valence-electron chi connectivity index (χ3n) is 5.67. The number of carbonyl (C=O) groups excluding carboxylic acids is 1. The van der Waals surface area contributed by atoms with Crippen LogP contribution in [-0.2, 0) is 13.0 Å². The van der Waals surface area contributed by atoms with Crippen LogP contribution < -0.4 is 11.0 Å². The van der Waals surface area contributed by atoms with Gasteiger partial charge in [-0.3, -0.25) is 14.2 Å². The lowest BCUT2D eigenvalue weighted by atomic mass is 9.85. The Kier molecular flexibility index (Phi) is 4.71. The van der Waals surface area contributed by atoms with Crippen LogP contribution in [0.5, 0.6) is 0 Å². The van der Waals surface area contributed by atoms with Crippen LogP contribution in [0, 0.1) is 5.92 Å². The van der Waals surface area contributed by atoms with Crippen LogP contribution in [0.3, 0.4) is 0 Å². The van der Waals surface area contributed by atoms with Gasteiger partial charge in [0.2, 0.25) is 0 Å². The van der Waals surface area contributed by atoms with Crippen molar-refractivity contribution < 1.29 is 4.79 Å². The first kappa shape index (κ1) is 18.3. The highest BCUT2D eigenvalue weighted by Gasteiger charge is 2.20. The Balaban J connectivity index is 1.58. The summed E-state index contributed by atoms with van der Waals surface area (Å²) in [5.41, 5.74) is 6.73. The number of nitrogens with one attached hydrogen (secondary N) is 1.